The van der Waals surface area contributed by atoms with E-state index in [-0.39, 0.29) is 0 Å². The van der Waals surface area contributed by atoms with Crippen LogP contribution in [0.5, 0.6) is 0 Å². The van der Waals surface area contributed by atoms with Crippen LogP contribution in [0.3, 0.4) is 0 Å². The fourth-order valence-corrected chi connectivity index (χ4v) is 3.98. The molecule has 0 amide bonds. The van der Waals surface area contributed by atoms with Gasteiger partial charge in [0.15, 0.2) is 5.13 Å². The molecule has 0 saturated carbocycles. The number of thiazole rings is 1. The Balaban J connectivity index is 2.04. The van der Waals surface area contributed by atoms with Crippen LogP contribution >= 0.6 is 11.3 Å². The van der Waals surface area contributed by atoms with Gasteiger partial charge in [-0.1, -0.05) is 13.3 Å². The van der Waals surface area contributed by atoms with E-state index in [4.69, 9.17) is 4.98 Å². The molecule has 1 N–H and O–H groups in total. The zero-order chi connectivity index (χ0) is 14.5. The molecule has 0 atom stereocenters. The monoisotopic (exact) mass is 296 g/mol. The molecule has 4 nitrogen and oxygen atoms in total. The van der Waals surface area contributed by atoms with Crippen molar-refractivity contribution in [2.75, 3.05) is 39.1 Å². The quantitative estimate of drug-likeness (QED) is 0.873. The van der Waals surface area contributed by atoms with Crippen LogP contribution in [0.2, 0.25) is 0 Å². The lowest BCUT2D eigenvalue weighted by molar-refractivity contribution is 0.249. The topological polar surface area (TPSA) is 31.4 Å². The Kier molecular flexibility index (Phi) is 5.81. The van der Waals surface area contributed by atoms with Crippen molar-refractivity contribution in [3.8, 4) is 0 Å². The predicted octanol–water partition coefficient (Wildman–Crippen LogP) is 2.35. The second-order valence-corrected chi connectivity index (χ2v) is 6.89. The Labute approximate surface area is 127 Å². The maximum absolute atomic E-state index is 4.90. The second kappa shape index (κ2) is 7.38. The standard InChI is InChI=1S/C15H28N4S/c1-5-6-13-14(11-16-2)20-15(17-13)19-9-7-12(8-10-19)18(3)4/h12,16H,5-11H2,1-4H3. The predicted molar refractivity (Wildman–Crippen MR) is 87.8 cm³/mol. The van der Waals surface area contributed by atoms with Gasteiger partial charge < -0.3 is 15.1 Å². The summed E-state index contributed by atoms with van der Waals surface area (Å²) >= 11 is 1.88. The van der Waals surface area contributed by atoms with Crippen LogP contribution in [-0.2, 0) is 13.0 Å². The molecule has 1 fully saturated rings. The fraction of sp³-hybridized carbons (Fsp3) is 0.800. The molecule has 2 heterocycles. The molecule has 2 rings (SSSR count). The molecule has 114 valence electrons. The minimum Gasteiger partial charge on any atom is -0.348 e. The first kappa shape index (κ1) is 15.7. The number of hydrogen-bond acceptors (Lipinski definition) is 5. The van der Waals surface area contributed by atoms with E-state index in [1.165, 1.54) is 35.0 Å². The number of aryl methyl sites for hydroxylation is 1. The lowest BCUT2D eigenvalue weighted by atomic mass is 10.0. The van der Waals surface area contributed by atoms with Gasteiger partial charge in [-0.25, -0.2) is 4.98 Å². The molecular formula is C15H28N4S. The molecule has 1 aromatic rings. The summed E-state index contributed by atoms with van der Waals surface area (Å²) in [5.74, 6) is 0. The van der Waals surface area contributed by atoms with Crippen molar-refractivity contribution in [2.24, 2.45) is 0 Å². The van der Waals surface area contributed by atoms with E-state index in [2.05, 4.69) is 36.1 Å². The molecule has 20 heavy (non-hydrogen) atoms. The molecule has 1 aliphatic rings. The summed E-state index contributed by atoms with van der Waals surface area (Å²) in [6.07, 6.45) is 4.76. The Hall–Kier alpha value is -0.650. The van der Waals surface area contributed by atoms with Gasteiger partial charge in [0, 0.05) is 30.6 Å². The maximum Gasteiger partial charge on any atom is 0.185 e. The van der Waals surface area contributed by atoms with Gasteiger partial charge in [0.05, 0.1) is 5.69 Å². The number of rotatable bonds is 6. The van der Waals surface area contributed by atoms with Gasteiger partial charge in [-0.2, -0.15) is 0 Å². The maximum atomic E-state index is 4.90. The van der Waals surface area contributed by atoms with Gasteiger partial charge in [-0.15, -0.1) is 11.3 Å². The van der Waals surface area contributed by atoms with E-state index in [1.807, 2.05) is 18.4 Å². The summed E-state index contributed by atoms with van der Waals surface area (Å²) in [6.45, 7) is 5.45. The van der Waals surface area contributed by atoms with Crippen molar-refractivity contribution in [1.82, 2.24) is 15.2 Å². The molecule has 0 aliphatic carbocycles. The Bertz CT molecular complexity index is 385. The first-order valence-electron chi connectivity index (χ1n) is 7.70. The molecule has 1 saturated heterocycles. The van der Waals surface area contributed by atoms with Crippen LogP contribution in [0, 0.1) is 0 Å². The van der Waals surface area contributed by atoms with Gasteiger partial charge >= 0.3 is 0 Å². The highest BCUT2D eigenvalue weighted by atomic mass is 32.1. The molecule has 0 radical (unpaired) electrons. The van der Waals surface area contributed by atoms with Crippen molar-refractivity contribution in [2.45, 2.75) is 45.2 Å². The molecule has 1 aliphatic heterocycles. The van der Waals surface area contributed by atoms with Crippen LogP contribution in [0.4, 0.5) is 5.13 Å². The van der Waals surface area contributed by atoms with E-state index < -0.39 is 0 Å². The van der Waals surface area contributed by atoms with Crippen LogP contribution in [-0.4, -0.2) is 50.2 Å². The SMILES string of the molecule is CCCc1nc(N2CCC(N(C)C)CC2)sc1CNC. The van der Waals surface area contributed by atoms with Crippen LogP contribution < -0.4 is 10.2 Å². The van der Waals surface area contributed by atoms with E-state index in [1.54, 1.807) is 0 Å². The zero-order valence-corrected chi connectivity index (χ0v) is 14.1. The van der Waals surface area contributed by atoms with E-state index in [0.29, 0.717) is 0 Å². The molecule has 0 aromatic carbocycles. The molecule has 5 heteroatoms. The average Bonchev–Trinajstić information content (AvgIpc) is 2.83. The average molecular weight is 296 g/mol. The first-order chi connectivity index (χ1) is 9.65. The normalized spacial score (nSPS) is 17.1. The van der Waals surface area contributed by atoms with Crippen molar-refractivity contribution in [3.63, 3.8) is 0 Å². The van der Waals surface area contributed by atoms with Crippen molar-refractivity contribution in [1.29, 1.82) is 0 Å². The van der Waals surface area contributed by atoms with Crippen LogP contribution in [0.15, 0.2) is 0 Å². The minimum absolute atomic E-state index is 0.734. The highest BCUT2D eigenvalue weighted by Crippen LogP contribution is 2.29. The van der Waals surface area contributed by atoms with Gasteiger partial charge in [0.2, 0.25) is 0 Å². The summed E-state index contributed by atoms with van der Waals surface area (Å²) in [4.78, 5) is 11.1. The number of piperidine rings is 1. The third kappa shape index (κ3) is 3.71. The smallest absolute Gasteiger partial charge is 0.185 e. The van der Waals surface area contributed by atoms with Gasteiger partial charge in [0.1, 0.15) is 0 Å². The summed E-state index contributed by atoms with van der Waals surface area (Å²) in [5, 5.41) is 4.50. The number of aromatic nitrogens is 1. The van der Waals surface area contributed by atoms with Crippen molar-refractivity contribution < 1.29 is 0 Å². The summed E-state index contributed by atoms with van der Waals surface area (Å²) < 4.78 is 0. The Morgan fingerprint density at radius 3 is 2.60 bits per heavy atom. The summed E-state index contributed by atoms with van der Waals surface area (Å²) in [6, 6.07) is 0.734. The van der Waals surface area contributed by atoms with Crippen molar-refractivity contribution >= 4 is 16.5 Å². The lowest BCUT2D eigenvalue weighted by Crippen LogP contribution is -2.41. The Morgan fingerprint density at radius 1 is 1.35 bits per heavy atom. The second-order valence-electron chi connectivity index (χ2n) is 5.83. The van der Waals surface area contributed by atoms with E-state index in [0.717, 1.165) is 32.1 Å². The van der Waals surface area contributed by atoms with Crippen LogP contribution in [0.1, 0.15) is 36.8 Å². The van der Waals surface area contributed by atoms with Gasteiger partial charge in [0.25, 0.3) is 0 Å². The zero-order valence-electron chi connectivity index (χ0n) is 13.3. The largest absolute Gasteiger partial charge is 0.348 e. The number of anilines is 1. The molecule has 0 spiro atoms. The minimum atomic E-state index is 0.734. The van der Waals surface area contributed by atoms with Gasteiger partial charge in [-0.05, 0) is 40.4 Å². The third-order valence-electron chi connectivity index (χ3n) is 4.06. The molecule has 0 unspecified atom stereocenters. The van der Waals surface area contributed by atoms with E-state index >= 15 is 0 Å². The number of hydrogen-bond donors (Lipinski definition) is 1. The molecule has 1 aromatic heterocycles. The lowest BCUT2D eigenvalue weighted by Gasteiger charge is -2.35. The fourth-order valence-electron chi connectivity index (χ4n) is 2.81. The molecule has 0 bridgehead atoms. The molecular weight excluding hydrogens is 268 g/mol. The number of nitrogens with zero attached hydrogens (tertiary/aromatic N) is 3. The number of nitrogens with one attached hydrogen (secondary N) is 1. The van der Waals surface area contributed by atoms with Crippen LogP contribution in [0.25, 0.3) is 0 Å². The highest BCUT2D eigenvalue weighted by Gasteiger charge is 2.23. The third-order valence-corrected chi connectivity index (χ3v) is 5.21. The van der Waals surface area contributed by atoms with Gasteiger partial charge in [-0.3, -0.25) is 0 Å². The Morgan fingerprint density at radius 2 is 2.05 bits per heavy atom. The van der Waals surface area contributed by atoms with Crippen molar-refractivity contribution in [3.05, 3.63) is 10.6 Å². The highest BCUT2D eigenvalue weighted by molar-refractivity contribution is 7.15. The van der Waals surface area contributed by atoms with E-state index in [9.17, 15) is 0 Å². The summed E-state index contributed by atoms with van der Waals surface area (Å²) in [5.41, 5.74) is 1.30. The summed E-state index contributed by atoms with van der Waals surface area (Å²) in [7, 11) is 6.39. The first-order valence-corrected chi connectivity index (χ1v) is 8.51.